The van der Waals surface area contributed by atoms with Gasteiger partial charge in [0.1, 0.15) is 16.8 Å². The van der Waals surface area contributed by atoms with Gasteiger partial charge < -0.3 is 0 Å². The fourth-order valence-corrected chi connectivity index (χ4v) is 23.6. The lowest BCUT2D eigenvalue weighted by molar-refractivity contribution is 0.0129. The molecule has 8 bridgehead atoms. The van der Waals surface area contributed by atoms with E-state index >= 15 is 0 Å². The topological polar surface area (TPSA) is 51.6 Å². The first-order valence-electron chi connectivity index (χ1n) is 20.1. The van der Waals surface area contributed by atoms with Gasteiger partial charge in [0, 0.05) is 24.8 Å². The van der Waals surface area contributed by atoms with E-state index in [0.29, 0.717) is 0 Å². The van der Waals surface area contributed by atoms with Gasteiger partial charge in [-0.1, -0.05) is 69.7 Å². The second-order valence-electron chi connectivity index (χ2n) is 20.0. The highest BCUT2D eigenvalue weighted by Gasteiger charge is 2.57. The molecule has 4 nitrogen and oxygen atoms in total. The molecule has 11 rings (SSSR count). The van der Waals surface area contributed by atoms with Gasteiger partial charge in [-0.15, -0.1) is 9.24 Å². The third-order valence-electron chi connectivity index (χ3n) is 14.6. The normalized spacial score (nSPS) is 35.1. The van der Waals surface area contributed by atoms with E-state index in [1.165, 1.54) is 63.1 Å². The van der Waals surface area contributed by atoms with Gasteiger partial charge in [-0.25, -0.2) is 19.9 Å². The summed E-state index contributed by atoms with van der Waals surface area (Å²) in [5, 5.41) is 2.62. The van der Waals surface area contributed by atoms with Crippen molar-refractivity contribution >= 4 is 43.7 Å². The Morgan fingerprint density at radius 1 is 0.580 bits per heavy atom. The summed E-state index contributed by atoms with van der Waals surface area (Å²) in [6, 6.07) is 9.36. The van der Waals surface area contributed by atoms with Crippen LogP contribution < -0.4 is 10.4 Å². The summed E-state index contributed by atoms with van der Waals surface area (Å²) in [7, 11) is -0.303. The average Bonchev–Trinajstić information content (AvgIpc) is 3.06. The van der Waals surface area contributed by atoms with Crippen LogP contribution in [0.5, 0.6) is 0 Å². The van der Waals surface area contributed by atoms with Crippen molar-refractivity contribution < 1.29 is 0 Å². The average molecular weight is 739 g/mol. The summed E-state index contributed by atoms with van der Waals surface area (Å²) in [6.07, 6.45) is 24.3. The highest BCUT2D eigenvalue weighted by Crippen LogP contribution is 2.72. The summed E-state index contributed by atoms with van der Waals surface area (Å²) >= 11 is 0. The van der Waals surface area contributed by atoms with Crippen molar-refractivity contribution in [3.05, 3.63) is 71.8 Å². The molecule has 8 saturated carbocycles. The highest BCUT2D eigenvalue weighted by molar-refractivity contribution is 7.58. The molecule has 1 aromatic carbocycles. The van der Waals surface area contributed by atoms with Crippen LogP contribution in [0.25, 0.3) is 0 Å². The van der Waals surface area contributed by atoms with Crippen molar-refractivity contribution in [3.8, 4) is 0 Å². The van der Waals surface area contributed by atoms with Gasteiger partial charge >= 0.3 is 0 Å². The lowest BCUT2D eigenvalue weighted by Crippen LogP contribution is -2.57. The minimum absolute atomic E-state index is 0.188. The standard InChI is InChI=1S/C42H60N4P2Si2/c1-49(2,3)36-23-34(35(24-37(36)50(4,5)6)42(47,40-43-9-7-10-44-40)41-45-11-8-12-46-41)25-48(38-30-15-26-13-27(17-30)18-31(38)16-26)39-32-19-28-14-29(21-32)22-33(39)20-28/h7-12,23-24,26-33,38-39H,13-22,25,47H2,1-6H3. The van der Waals surface area contributed by atoms with Gasteiger partial charge in [-0.05, 0) is 152 Å². The predicted molar refractivity (Wildman–Crippen MR) is 218 cm³/mol. The van der Waals surface area contributed by atoms with E-state index in [0.717, 1.165) is 70.3 Å². The van der Waals surface area contributed by atoms with Crippen LogP contribution >= 0.6 is 17.2 Å². The van der Waals surface area contributed by atoms with E-state index < -0.39 is 21.3 Å². The third kappa shape index (κ3) is 5.88. The fraction of sp³-hybridized carbons (Fsp3) is 0.667. The molecule has 2 heterocycles. The van der Waals surface area contributed by atoms with Crippen molar-refractivity contribution in [1.82, 2.24) is 19.9 Å². The molecule has 50 heavy (non-hydrogen) atoms. The smallest absolute Gasteiger partial charge is 0.150 e. The minimum Gasteiger partial charge on any atom is -0.240 e. The first-order chi connectivity index (χ1) is 23.9. The van der Waals surface area contributed by atoms with E-state index in [9.17, 15) is 0 Å². The van der Waals surface area contributed by atoms with Crippen LogP contribution in [0.15, 0.2) is 49.1 Å². The molecule has 0 saturated heterocycles. The molecule has 266 valence electrons. The molecule has 1 unspecified atom stereocenters. The van der Waals surface area contributed by atoms with E-state index in [4.69, 9.17) is 19.9 Å². The second kappa shape index (κ2) is 12.6. The molecule has 2 aromatic heterocycles. The maximum Gasteiger partial charge on any atom is 0.150 e. The molecule has 0 amide bonds. The number of hydrogen-bond acceptors (Lipinski definition) is 4. The van der Waals surface area contributed by atoms with Crippen LogP contribution in [0.4, 0.5) is 0 Å². The van der Waals surface area contributed by atoms with Gasteiger partial charge in [-0.3, -0.25) is 0 Å². The summed E-state index contributed by atoms with van der Waals surface area (Å²) in [5.74, 6) is 9.62. The molecule has 8 aliphatic carbocycles. The van der Waals surface area contributed by atoms with Crippen molar-refractivity contribution in [2.24, 2.45) is 47.3 Å². The maximum atomic E-state index is 5.00. The summed E-state index contributed by atoms with van der Waals surface area (Å²) < 4.78 is 0. The summed E-state index contributed by atoms with van der Waals surface area (Å²) in [5.41, 5.74) is 4.88. The lowest BCUT2D eigenvalue weighted by atomic mass is 9.55. The Bertz CT molecular complexity index is 1580. The Kier molecular flexibility index (Phi) is 8.70. The Hall–Kier alpha value is -1.33. The lowest BCUT2D eigenvalue weighted by Gasteiger charge is -2.62. The molecule has 8 aliphatic rings. The van der Waals surface area contributed by atoms with E-state index in [2.05, 4.69) is 60.7 Å². The van der Waals surface area contributed by atoms with E-state index in [1.54, 1.807) is 28.8 Å². The quantitative estimate of drug-likeness (QED) is 0.162. The fourth-order valence-electron chi connectivity index (χ4n) is 13.2. The van der Waals surface area contributed by atoms with Crippen molar-refractivity contribution in [1.29, 1.82) is 0 Å². The van der Waals surface area contributed by atoms with Crippen molar-refractivity contribution in [2.45, 2.75) is 126 Å². The van der Waals surface area contributed by atoms with Gasteiger partial charge in [0.25, 0.3) is 0 Å². The predicted octanol–water partition coefficient (Wildman–Crippen LogP) is 9.16. The first kappa shape index (κ1) is 34.4. The van der Waals surface area contributed by atoms with Crippen molar-refractivity contribution in [3.63, 3.8) is 0 Å². The largest absolute Gasteiger partial charge is 0.240 e. The van der Waals surface area contributed by atoms with E-state index in [-0.39, 0.29) is 7.92 Å². The summed E-state index contributed by atoms with van der Waals surface area (Å²) in [6.45, 7) is 15.4. The van der Waals surface area contributed by atoms with Gasteiger partial charge in [0.2, 0.25) is 0 Å². The Labute approximate surface area is 307 Å². The Balaban J connectivity index is 1.26. The monoisotopic (exact) mass is 738 g/mol. The zero-order valence-corrected chi connectivity index (χ0v) is 35.5. The maximum absolute atomic E-state index is 5.00. The number of rotatable bonds is 9. The first-order valence-corrected chi connectivity index (χ1v) is 29.4. The van der Waals surface area contributed by atoms with Crippen molar-refractivity contribution in [2.75, 3.05) is 0 Å². The van der Waals surface area contributed by atoms with Crippen LogP contribution in [0.1, 0.15) is 87.0 Å². The van der Waals surface area contributed by atoms with Crippen LogP contribution in [-0.4, -0.2) is 47.4 Å². The molecule has 0 N–H and O–H groups in total. The zero-order chi connectivity index (χ0) is 34.6. The van der Waals surface area contributed by atoms with E-state index in [1.807, 2.05) is 36.9 Å². The molecular formula is C42H60N4P2Si2. The van der Waals surface area contributed by atoms with Crippen LogP contribution in [0.2, 0.25) is 39.3 Å². The Morgan fingerprint density at radius 3 is 1.30 bits per heavy atom. The molecule has 1 atom stereocenters. The van der Waals surface area contributed by atoms with Crippen LogP contribution in [0, 0.1) is 47.3 Å². The van der Waals surface area contributed by atoms with Gasteiger partial charge in [0.05, 0.1) is 16.1 Å². The molecule has 8 fully saturated rings. The SMILES string of the molecule is C[Si](C)(C)c1cc(CP(C2C3CC4CC(C3)CC2C4)C2C3CC4CC(C3)CC2C4)c(C(P)(c2ncccn2)c2ncccn2)cc1[Si](C)(C)C. The highest BCUT2D eigenvalue weighted by atomic mass is 31.1. The minimum atomic E-state index is -1.72. The number of hydrogen-bond donors (Lipinski definition) is 0. The van der Waals surface area contributed by atoms with Crippen LogP contribution in [-0.2, 0) is 11.3 Å². The number of aromatic nitrogens is 4. The molecule has 0 radical (unpaired) electrons. The third-order valence-corrected chi connectivity index (χ3v) is 23.7. The molecule has 0 spiro atoms. The second-order valence-corrected chi connectivity index (χ2v) is 33.5. The molecular weight excluding hydrogens is 679 g/mol. The number of benzene rings is 1. The molecule has 3 aromatic rings. The zero-order valence-electron chi connectivity index (χ0n) is 31.5. The van der Waals surface area contributed by atoms with Gasteiger partial charge in [0.15, 0.2) is 0 Å². The molecule has 8 heteroatoms. The summed E-state index contributed by atoms with van der Waals surface area (Å²) in [4.78, 5) is 20.0. The van der Waals surface area contributed by atoms with Gasteiger partial charge in [-0.2, -0.15) is 0 Å². The number of nitrogens with zero attached hydrogens (tertiary/aromatic N) is 4. The molecule has 0 aliphatic heterocycles. The Morgan fingerprint density at radius 2 is 0.940 bits per heavy atom. The van der Waals surface area contributed by atoms with Crippen LogP contribution in [0.3, 0.4) is 0 Å².